The van der Waals surface area contributed by atoms with E-state index >= 15 is 0 Å². The molecule has 2 rings (SSSR count). The van der Waals surface area contributed by atoms with Crippen molar-refractivity contribution < 1.29 is 5.11 Å². The van der Waals surface area contributed by atoms with Crippen LogP contribution in [0, 0.1) is 11.3 Å². The highest BCUT2D eigenvalue weighted by Crippen LogP contribution is 2.32. The Morgan fingerprint density at radius 2 is 2.11 bits per heavy atom. The molecule has 18 heavy (non-hydrogen) atoms. The minimum absolute atomic E-state index is 0.104. The number of nitriles is 1. The van der Waals surface area contributed by atoms with Gasteiger partial charge in [0.1, 0.15) is 0 Å². The first kappa shape index (κ1) is 12.7. The van der Waals surface area contributed by atoms with Crippen molar-refractivity contribution >= 4 is 11.4 Å². The predicted octanol–water partition coefficient (Wildman–Crippen LogP) is 1.88. The third kappa shape index (κ3) is 2.57. The average Bonchev–Trinajstić information content (AvgIpc) is 2.91. The van der Waals surface area contributed by atoms with Gasteiger partial charge in [0, 0.05) is 12.6 Å². The second-order valence-electron chi connectivity index (χ2n) is 4.74. The number of nitrogens with two attached hydrogens (primary N) is 1. The normalized spacial score (nSPS) is 15.6. The summed E-state index contributed by atoms with van der Waals surface area (Å²) in [5.74, 6) is 0. The van der Waals surface area contributed by atoms with Crippen LogP contribution in [0.4, 0.5) is 11.4 Å². The standard InChI is InChI=1S/C14H19N3O/c15-10-11-5-6-13(16)14(9-11)17(7-8-18)12-3-1-2-4-12/h5-6,9,12,18H,1-4,7-8,16H2. The van der Waals surface area contributed by atoms with Crippen molar-refractivity contribution in [3.63, 3.8) is 0 Å². The second-order valence-corrected chi connectivity index (χ2v) is 4.74. The van der Waals surface area contributed by atoms with Crippen molar-refractivity contribution in [1.29, 1.82) is 5.26 Å². The van der Waals surface area contributed by atoms with Gasteiger partial charge in [-0.25, -0.2) is 0 Å². The molecule has 1 aromatic rings. The number of aliphatic hydroxyl groups is 1. The Bertz CT molecular complexity index is 447. The molecule has 1 saturated carbocycles. The molecule has 0 aromatic heterocycles. The van der Waals surface area contributed by atoms with Crippen LogP contribution in [0.5, 0.6) is 0 Å². The van der Waals surface area contributed by atoms with Crippen molar-refractivity contribution in [1.82, 2.24) is 0 Å². The van der Waals surface area contributed by atoms with E-state index in [0.29, 0.717) is 23.8 Å². The molecule has 0 heterocycles. The molecule has 4 nitrogen and oxygen atoms in total. The van der Waals surface area contributed by atoms with Gasteiger partial charge in [0.2, 0.25) is 0 Å². The third-order valence-electron chi connectivity index (χ3n) is 3.58. The highest BCUT2D eigenvalue weighted by atomic mass is 16.3. The monoisotopic (exact) mass is 245 g/mol. The number of hydrogen-bond donors (Lipinski definition) is 2. The molecule has 0 atom stereocenters. The molecule has 0 saturated heterocycles. The van der Waals surface area contributed by atoms with Crippen LogP contribution in [-0.4, -0.2) is 24.3 Å². The molecule has 1 aromatic carbocycles. The van der Waals surface area contributed by atoms with Gasteiger partial charge in [-0.05, 0) is 31.0 Å². The van der Waals surface area contributed by atoms with Gasteiger partial charge >= 0.3 is 0 Å². The summed E-state index contributed by atoms with van der Waals surface area (Å²) in [7, 11) is 0. The summed E-state index contributed by atoms with van der Waals surface area (Å²) in [5, 5.41) is 18.2. The fourth-order valence-electron chi connectivity index (χ4n) is 2.69. The van der Waals surface area contributed by atoms with Gasteiger partial charge in [0.15, 0.2) is 0 Å². The first-order chi connectivity index (χ1) is 8.76. The first-order valence-corrected chi connectivity index (χ1v) is 6.43. The number of nitrogen functional groups attached to an aromatic ring is 1. The Morgan fingerprint density at radius 3 is 2.72 bits per heavy atom. The lowest BCUT2D eigenvalue weighted by Gasteiger charge is -2.31. The highest BCUT2D eigenvalue weighted by Gasteiger charge is 2.23. The van der Waals surface area contributed by atoms with E-state index in [0.717, 1.165) is 18.5 Å². The molecule has 1 fully saturated rings. The molecule has 0 radical (unpaired) electrons. The zero-order valence-corrected chi connectivity index (χ0v) is 10.5. The Kier molecular flexibility index (Phi) is 4.06. The van der Waals surface area contributed by atoms with E-state index in [1.165, 1.54) is 12.8 Å². The molecule has 0 bridgehead atoms. The summed E-state index contributed by atoms with van der Waals surface area (Å²) < 4.78 is 0. The molecule has 0 amide bonds. The van der Waals surface area contributed by atoms with Gasteiger partial charge in [0.05, 0.1) is 29.6 Å². The van der Waals surface area contributed by atoms with Gasteiger partial charge in [-0.3, -0.25) is 0 Å². The molecule has 1 aliphatic rings. The van der Waals surface area contributed by atoms with Crippen LogP contribution in [0.2, 0.25) is 0 Å². The number of aliphatic hydroxyl groups excluding tert-OH is 1. The van der Waals surface area contributed by atoms with Crippen LogP contribution in [0.25, 0.3) is 0 Å². The molecular formula is C14H19N3O. The largest absolute Gasteiger partial charge is 0.397 e. The van der Waals surface area contributed by atoms with Crippen LogP contribution in [0.3, 0.4) is 0 Å². The van der Waals surface area contributed by atoms with E-state index in [1.54, 1.807) is 12.1 Å². The Morgan fingerprint density at radius 1 is 1.39 bits per heavy atom. The Labute approximate surface area is 108 Å². The summed E-state index contributed by atoms with van der Waals surface area (Å²) in [5.41, 5.74) is 8.18. The van der Waals surface area contributed by atoms with E-state index < -0.39 is 0 Å². The molecule has 0 aliphatic heterocycles. The lowest BCUT2D eigenvalue weighted by Crippen LogP contribution is -2.36. The van der Waals surface area contributed by atoms with Gasteiger partial charge in [-0.2, -0.15) is 5.26 Å². The van der Waals surface area contributed by atoms with Crippen molar-refractivity contribution in [2.45, 2.75) is 31.7 Å². The quantitative estimate of drug-likeness (QED) is 0.794. The average molecular weight is 245 g/mol. The molecule has 3 N–H and O–H groups in total. The Hall–Kier alpha value is -1.73. The fourth-order valence-corrected chi connectivity index (χ4v) is 2.69. The highest BCUT2D eigenvalue weighted by molar-refractivity contribution is 5.70. The van der Waals surface area contributed by atoms with Gasteiger partial charge in [-0.1, -0.05) is 12.8 Å². The van der Waals surface area contributed by atoms with E-state index in [4.69, 9.17) is 11.0 Å². The van der Waals surface area contributed by atoms with Gasteiger partial charge in [0.25, 0.3) is 0 Å². The molecule has 96 valence electrons. The number of rotatable bonds is 4. The van der Waals surface area contributed by atoms with Crippen molar-refractivity contribution in [3.05, 3.63) is 23.8 Å². The number of benzene rings is 1. The maximum Gasteiger partial charge on any atom is 0.0992 e. The van der Waals surface area contributed by atoms with Gasteiger partial charge < -0.3 is 15.7 Å². The third-order valence-corrected chi connectivity index (χ3v) is 3.58. The van der Waals surface area contributed by atoms with Crippen molar-refractivity contribution in [2.75, 3.05) is 23.8 Å². The number of hydrogen-bond acceptors (Lipinski definition) is 4. The van der Waals surface area contributed by atoms with Gasteiger partial charge in [-0.15, -0.1) is 0 Å². The predicted molar refractivity (Wildman–Crippen MR) is 72.3 cm³/mol. The lowest BCUT2D eigenvalue weighted by molar-refractivity contribution is 0.297. The van der Waals surface area contributed by atoms with E-state index in [-0.39, 0.29) is 6.61 Å². The van der Waals surface area contributed by atoms with E-state index in [9.17, 15) is 5.11 Å². The number of nitrogens with zero attached hydrogens (tertiary/aromatic N) is 2. The fraction of sp³-hybridized carbons (Fsp3) is 0.500. The summed E-state index contributed by atoms with van der Waals surface area (Å²) in [6.45, 7) is 0.677. The van der Waals surface area contributed by atoms with Crippen LogP contribution in [0.1, 0.15) is 31.2 Å². The smallest absolute Gasteiger partial charge is 0.0992 e. The summed E-state index contributed by atoms with van der Waals surface area (Å²) in [4.78, 5) is 2.16. The summed E-state index contributed by atoms with van der Waals surface area (Å²) in [6.07, 6.45) is 4.72. The minimum atomic E-state index is 0.104. The lowest BCUT2D eigenvalue weighted by atomic mass is 10.1. The Balaban J connectivity index is 2.32. The van der Waals surface area contributed by atoms with Crippen molar-refractivity contribution in [3.8, 4) is 6.07 Å². The molecule has 1 aliphatic carbocycles. The molecule has 0 unspecified atom stereocenters. The number of anilines is 2. The van der Waals surface area contributed by atoms with E-state index in [1.807, 2.05) is 6.07 Å². The maximum absolute atomic E-state index is 9.23. The minimum Gasteiger partial charge on any atom is -0.397 e. The van der Waals surface area contributed by atoms with Crippen LogP contribution < -0.4 is 10.6 Å². The maximum atomic E-state index is 9.23. The molecule has 4 heteroatoms. The van der Waals surface area contributed by atoms with Crippen LogP contribution in [-0.2, 0) is 0 Å². The van der Waals surface area contributed by atoms with Crippen molar-refractivity contribution in [2.24, 2.45) is 0 Å². The first-order valence-electron chi connectivity index (χ1n) is 6.43. The zero-order chi connectivity index (χ0) is 13.0. The molecule has 0 spiro atoms. The second kappa shape index (κ2) is 5.74. The van der Waals surface area contributed by atoms with E-state index in [2.05, 4.69) is 11.0 Å². The van der Waals surface area contributed by atoms with Crippen LogP contribution >= 0.6 is 0 Å². The topological polar surface area (TPSA) is 73.3 Å². The summed E-state index contributed by atoms with van der Waals surface area (Å²) in [6, 6.07) is 7.90. The molecular weight excluding hydrogens is 226 g/mol. The summed E-state index contributed by atoms with van der Waals surface area (Å²) >= 11 is 0. The van der Waals surface area contributed by atoms with Crippen LogP contribution in [0.15, 0.2) is 18.2 Å². The zero-order valence-electron chi connectivity index (χ0n) is 10.5. The SMILES string of the molecule is N#Cc1ccc(N)c(N(CCO)C2CCCC2)c1.